The molecule has 1 rings (SSSR count). The highest BCUT2D eigenvalue weighted by Gasteiger charge is 2.34. The Morgan fingerprint density at radius 3 is 1.61 bits per heavy atom. The normalized spacial score (nSPS) is 14.4. The molecular formula is C48H82N16O15S. The minimum absolute atomic E-state index is 0.0305. The van der Waals surface area contributed by atoms with E-state index in [-0.39, 0.29) is 43.9 Å². The van der Waals surface area contributed by atoms with Gasteiger partial charge in [0.15, 0.2) is 0 Å². The summed E-state index contributed by atoms with van der Waals surface area (Å²) < 4.78 is 0. The summed E-state index contributed by atoms with van der Waals surface area (Å²) >= 11 is 1.35. The van der Waals surface area contributed by atoms with Crippen LogP contribution in [0.15, 0.2) is 12.5 Å². The molecule has 0 saturated carbocycles. The van der Waals surface area contributed by atoms with Crippen LogP contribution in [0, 0.1) is 11.8 Å². The molecule has 0 aliphatic carbocycles. The number of thioether (sulfide) groups is 1. The molecule has 12 amide bonds. The van der Waals surface area contributed by atoms with Gasteiger partial charge in [-0.15, -0.1) is 0 Å². The Balaban J connectivity index is 3.06. The SMILES string of the molecule is CSCC[C@H](NC(=O)[C@H](Cc1cnc[nH]1)NC(=O)[C@H](CC(C)C)NC(=O)CNC(=O)[C@@H](NC(=O)[C@H](CC(C)C)NC(=O)[C@H](C)NC(=O)[C@@H](N)CC(N)=O)[C@@H](C)O)C(=O)NCC(=O)NCC(=O)NCC(=O)N[C@@H](CCCCN)C(=O)O. The number of aliphatic carboxylic acids is 1. The molecule has 0 spiro atoms. The Morgan fingerprint density at radius 1 is 0.588 bits per heavy atom. The van der Waals surface area contributed by atoms with E-state index in [1.54, 1.807) is 34.0 Å². The second-order valence-corrected chi connectivity index (χ2v) is 20.6. The van der Waals surface area contributed by atoms with Crippen molar-refractivity contribution in [3.63, 3.8) is 0 Å². The average molecular weight is 1160 g/mol. The predicted molar refractivity (Wildman–Crippen MR) is 289 cm³/mol. The Bertz CT molecular complexity index is 2250. The van der Waals surface area contributed by atoms with Gasteiger partial charge < -0.3 is 90.9 Å². The number of aliphatic hydroxyl groups is 1. The van der Waals surface area contributed by atoms with E-state index in [9.17, 15) is 72.5 Å². The number of unbranched alkanes of at least 4 members (excludes halogenated alkanes) is 1. The monoisotopic (exact) mass is 1150 g/mol. The molecule has 0 aliphatic heterocycles. The third-order valence-electron chi connectivity index (χ3n) is 11.4. The average Bonchev–Trinajstić information content (AvgIpc) is 3.90. The summed E-state index contributed by atoms with van der Waals surface area (Å²) in [6, 6.07) is -10.6. The first-order valence-corrected chi connectivity index (χ1v) is 27.3. The van der Waals surface area contributed by atoms with Crippen molar-refractivity contribution >= 4 is 88.6 Å². The zero-order valence-corrected chi connectivity index (χ0v) is 47.0. The molecule has 0 fully saturated rings. The van der Waals surface area contributed by atoms with Gasteiger partial charge in [0.2, 0.25) is 70.9 Å². The Morgan fingerprint density at radius 2 is 1.09 bits per heavy atom. The van der Waals surface area contributed by atoms with Gasteiger partial charge in [-0.1, -0.05) is 27.7 Å². The first-order chi connectivity index (χ1) is 37.6. The summed E-state index contributed by atoms with van der Waals surface area (Å²) in [4.78, 5) is 174. The first kappa shape index (κ1) is 70.6. The number of amides is 12. The van der Waals surface area contributed by atoms with E-state index < -0.39 is 164 Å². The van der Waals surface area contributed by atoms with Crippen LogP contribution in [0.1, 0.15) is 92.2 Å². The van der Waals surface area contributed by atoms with Crippen LogP contribution >= 0.6 is 11.8 Å². The molecule has 9 atom stereocenters. The quantitative estimate of drug-likeness (QED) is 0.0273. The highest BCUT2D eigenvalue weighted by atomic mass is 32.2. The number of nitrogens with two attached hydrogens (primary N) is 3. The van der Waals surface area contributed by atoms with Crippen molar-refractivity contribution in [3.8, 4) is 0 Å². The number of carboxylic acid groups (broad SMARTS) is 1. The number of hydrogen-bond acceptors (Lipinski definition) is 18. The van der Waals surface area contributed by atoms with Crippen LogP contribution in [-0.4, -0.2) is 196 Å². The lowest BCUT2D eigenvalue weighted by Crippen LogP contribution is -2.60. The maximum Gasteiger partial charge on any atom is 0.326 e. The fourth-order valence-electron chi connectivity index (χ4n) is 7.22. The Labute approximate surface area is 467 Å². The maximum atomic E-state index is 14.0. The van der Waals surface area contributed by atoms with Gasteiger partial charge in [-0.25, -0.2) is 9.78 Å². The lowest BCUT2D eigenvalue weighted by molar-refractivity contribution is -0.142. The predicted octanol–water partition coefficient (Wildman–Crippen LogP) is -6.53. The number of aliphatic hydroxyl groups excluding tert-OH is 1. The van der Waals surface area contributed by atoms with Gasteiger partial charge in [0.1, 0.15) is 42.3 Å². The molecule has 1 aromatic rings. The van der Waals surface area contributed by atoms with E-state index in [1.807, 2.05) is 0 Å². The number of aromatic amines is 1. The van der Waals surface area contributed by atoms with Gasteiger partial charge in [0.25, 0.3) is 0 Å². The molecular weight excluding hydrogens is 1070 g/mol. The number of rotatable bonds is 39. The second kappa shape index (κ2) is 37.4. The van der Waals surface area contributed by atoms with Gasteiger partial charge in [-0.2, -0.15) is 11.8 Å². The molecule has 1 heterocycles. The number of nitrogens with one attached hydrogen (secondary N) is 12. The third-order valence-corrected chi connectivity index (χ3v) is 12.1. The number of carbonyl (C=O) groups excluding carboxylic acids is 12. The topological polar surface area (TPSA) is 501 Å². The molecule has 0 saturated heterocycles. The lowest BCUT2D eigenvalue weighted by Gasteiger charge is -2.27. The summed E-state index contributed by atoms with van der Waals surface area (Å²) in [6.45, 7) is 7.27. The van der Waals surface area contributed by atoms with Crippen LogP contribution in [0.25, 0.3) is 0 Å². The van der Waals surface area contributed by atoms with Crippen LogP contribution in [0.4, 0.5) is 0 Å². The van der Waals surface area contributed by atoms with E-state index in [0.717, 1.165) is 0 Å². The minimum atomic E-state index is -1.66. The lowest BCUT2D eigenvalue weighted by atomic mass is 10.0. The fourth-order valence-corrected chi connectivity index (χ4v) is 7.69. The maximum absolute atomic E-state index is 14.0. The Hall–Kier alpha value is -7.45. The van der Waals surface area contributed by atoms with Crippen molar-refractivity contribution < 1.29 is 72.5 Å². The van der Waals surface area contributed by atoms with Crippen molar-refractivity contribution in [2.45, 2.75) is 147 Å². The Kier molecular flexibility index (Phi) is 33.0. The standard InChI is InChI=1S/C48H82N16O15S/c1-24(2)14-32(60-39(70)22-56-47(77)40(27(6)65)64-46(76)33(15-25(3)4)62-41(71)26(5)58-42(72)29(50)17-35(51)66)44(74)63-34(16-28-18-52-23-57-28)45(75)61-30(11-13-80-7)43(73)55-20-37(68)53-19-36(67)54-21-38(69)59-31(48(78)79)10-8-9-12-49/h18,23-27,29-34,40,65H,8-17,19-22,49-50H2,1-7H3,(H2,51,66)(H,52,57)(H,53,68)(H,54,67)(H,55,73)(H,56,77)(H,58,72)(H,59,69)(H,60,70)(H,61,75)(H,62,71)(H,63,74)(H,64,76)(H,78,79)/t26-,27+,29-,30-,31-,32-,33-,34-,40-/m0/s1. The number of hydrogen-bond donors (Lipinski definition) is 17. The molecule has 0 radical (unpaired) electrons. The van der Waals surface area contributed by atoms with E-state index in [1.165, 1.54) is 38.1 Å². The number of imidazole rings is 1. The number of primary amides is 1. The molecule has 0 bridgehead atoms. The van der Waals surface area contributed by atoms with E-state index >= 15 is 0 Å². The van der Waals surface area contributed by atoms with E-state index in [0.29, 0.717) is 30.8 Å². The zero-order chi connectivity index (χ0) is 60.6. The van der Waals surface area contributed by atoms with Gasteiger partial charge >= 0.3 is 5.97 Å². The van der Waals surface area contributed by atoms with Crippen LogP contribution in [0.2, 0.25) is 0 Å². The first-order valence-electron chi connectivity index (χ1n) is 25.9. The van der Waals surface area contributed by atoms with Crippen molar-refractivity contribution in [3.05, 3.63) is 18.2 Å². The molecule has 31 nitrogen and oxygen atoms in total. The van der Waals surface area contributed by atoms with Gasteiger partial charge in [-0.3, -0.25) is 57.5 Å². The zero-order valence-electron chi connectivity index (χ0n) is 46.2. The van der Waals surface area contributed by atoms with Crippen LogP contribution in [0.5, 0.6) is 0 Å². The van der Waals surface area contributed by atoms with Crippen molar-refractivity contribution in [2.75, 3.05) is 44.7 Å². The number of aromatic nitrogens is 2. The van der Waals surface area contributed by atoms with E-state index in [2.05, 4.69) is 68.5 Å². The molecule has 80 heavy (non-hydrogen) atoms. The number of carboxylic acids is 1. The summed E-state index contributed by atoms with van der Waals surface area (Å²) in [5.74, 6) is -11.5. The largest absolute Gasteiger partial charge is 0.480 e. The summed E-state index contributed by atoms with van der Waals surface area (Å²) in [5, 5.41) is 46.4. The fraction of sp³-hybridized carbons (Fsp3) is 0.667. The van der Waals surface area contributed by atoms with E-state index in [4.69, 9.17) is 17.2 Å². The molecule has 0 unspecified atom stereocenters. The minimum Gasteiger partial charge on any atom is -0.480 e. The summed E-state index contributed by atoms with van der Waals surface area (Å²) in [6.07, 6.45) is 3.58. The van der Waals surface area contributed by atoms with Crippen molar-refractivity contribution in [1.82, 2.24) is 68.5 Å². The summed E-state index contributed by atoms with van der Waals surface area (Å²) in [5.41, 5.74) is 16.6. The molecule has 1 aromatic heterocycles. The highest BCUT2D eigenvalue weighted by Crippen LogP contribution is 2.10. The van der Waals surface area contributed by atoms with Crippen LogP contribution in [0.3, 0.4) is 0 Å². The number of carbonyl (C=O) groups is 13. The van der Waals surface area contributed by atoms with Gasteiger partial charge in [0, 0.05) is 18.3 Å². The highest BCUT2D eigenvalue weighted by molar-refractivity contribution is 7.98. The molecule has 450 valence electrons. The molecule has 0 aromatic carbocycles. The smallest absolute Gasteiger partial charge is 0.326 e. The van der Waals surface area contributed by atoms with Gasteiger partial charge in [-0.05, 0) is 82.8 Å². The summed E-state index contributed by atoms with van der Waals surface area (Å²) in [7, 11) is 0. The van der Waals surface area contributed by atoms with Crippen LogP contribution < -0.4 is 75.7 Å². The van der Waals surface area contributed by atoms with Crippen LogP contribution in [-0.2, 0) is 68.7 Å². The number of H-pyrrole nitrogens is 1. The van der Waals surface area contributed by atoms with Crippen molar-refractivity contribution in [2.24, 2.45) is 29.0 Å². The molecule has 20 N–H and O–H groups in total. The molecule has 0 aliphatic rings. The molecule has 32 heteroatoms. The van der Waals surface area contributed by atoms with Crippen molar-refractivity contribution in [1.29, 1.82) is 0 Å². The third kappa shape index (κ3) is 29.0. The number of nitrogens with zero attached hydrogens (tertiary/aromatic N) is 1. The second-order valence-electron chi connectivity index (χ2n) is 19.6. The van der Waals surface area contributed by atoms with Gasteiger partial charge in [0.05, 0.1) is 51.1 Å².